The lowest BCUT2D eigenvalue weighted by molar-refractivity contribution is -0.141. The SMILES string of the molecule is CSCC[C@H](NC(=O)[C@@H](N)CS)C(=O)NCC(=O)N[C@@H](CCCN=C(N)N)C(=O)N[C@@H](Cc1c[nH]c2ccccc12)C(=O)N[C@@H](CCCN=C(N)N)C(=O)N[C@@H](CC(C)C)C(=O)N[C@@H](CS)C(=O)O. The Morgan fingerprint density at radius 3 is 1.74 bits per heavy atom. The fourth-order valence-corrected chi connectivity index (χ4v) is 7.54. The van der Waals surface area contributed by atoms with E-state index in [-0.39, 0.29) is 87.4 Å². The number of aliphatic carboxylic acids is 1. The molecule has 1 heterocycles. The number of aliphatic imine (C=N–C) groups is 2. The number of hydrogen-bond acceptors (Lipinski definition) is 14. The van der Waals surface area contributed by atoms with E-state index >= 15 is 0 Å². The first kappa shape index (κ1) is 59.2. The number of nitrogens with one attached hydrogen (secondary N) is 8. The maximum atomic E-state index is 14.5. The molecule has 0 aliphatic carbocycles. The minimum atomic E-state index is -1.40. The van der Waals surface area contributed by atoms with Gasteiger partial charge in [0, 0.05) is 48.1 Å². The molecule has 7 atom stereocenters. The average molecular weight is 1020 g/mol. The molecule has 0 radical (unpaired) electrons. The molecule has 1 aromatic carbocycles. The Labute approximate surface area is 416 Å². The van der Waals surface area contributed by atoms with Gasteiger partial charge in [0.2, 0.25) is 41.4 Å². The highest BCUT2D eigenvalue weighted by atomic mass is 32.2. The van der Waals surface area contributed by atoms with Gasteiger partial charge >= 0.3 is 5.97 Å². The third-order valence-electron chi connectivity index (χ3n) is 10.2. The number of para-hydroxylation sites is 1. The Bertz CT molecular complexity index is 2100. The number of amides is 7. The van der Waals surface area contributed by atoms with Crippen molar-refractivity contribution in [3.63, 3.8) is 0 Å². The highest BCUT2D eigenvalue weighted by Gasteiger charge is 2.33. The van der Waals surface area contributed by atoms with Gasteiger partial charge in [-0.15, -0.1) is 0 Å². The third-order valence-corrected chi connectivity index (χ3v) is 11.6. The van der Waals surface area contributed by atoms with E-state index in [0.29, 0.717) is 11.3 Å². The molecular formula is C42H69N15O9S3. The van der Waals surface area contributed by atoms with Gasteiger partial charge in [-0.1, -0.05) is 32.0 Å². The Morgan fingerprint density at radius 2 is 1.19 bits per heavy atom. The van der Waals surface area contributed by atoms with E-state index in [0.717, 1.165) is 10.9 Å². The van der Waals surface area contributed by atoms with Crippen molar-refractivity contribution in [2.75, 3.05) is 43.1 Å². The van der Waals surface area contributed by atoms with E-state index in [9.17, 15) is 43.5 Å². The van der Waals surface area contributed by atoms with E-state index in [4.69, 9.17) is 28.7 Å². The second kappa shape index (κ2) is 31.2. The van der Waals surface area contributed by atoms with Crippen LogP contribution in [0.1, 0.15) is 57.9 Å². The summed E-state index contributed by atoms with van der Waals surface area (Å²) >= 11 is 9.49. The number of rotatable bonds is 32. The number of nitrogens with zero attached hydrogens (tertiary/aromatic N) is 2. The van der Waals surface area contributed by atoms with Crippen molar-refractivity contribution in [2.45, 2.75) is 101 Å². The van der Waals surface area contributed by atoms with Gasteiger partial charge in [-0.25, -0.2) is 4.79 Å². The number of H-pyrrole nitrogens is 1. The quantitative estimate of drug-likeness (QED) is 0.0150. The van der Waals surface area contributed by atoms with Crippen LogP contribution in [0.3, 0.4) is 0 Å². The molecule has 69 heavy (non-hydrogen) atoms. The number of carboxylic acid groups (broad SMARTS) is 1. The molecule has 24 nitrogen and oxygen atoms in total. The summed E-state index contributed by atoms with van der Waals surface area (Å²) in [6, 6.07) is -1.38. The molecule has 27 heteroatoms. The molecule has 19 N–H and O–H groups in total. The molecule has 7 amide bonds. The third kappa shape index (κ3) is 21.9. The molecule has 0 spiro atoms. The van der Waals surface area contributed by atoms with Crippen molar-refractivity contribution in [1.82, 2.24) is 42.2 Å². The maximum absolute atomic E-state index is 14.5. The minimum Gasteiger partial charge on any atom is -0.480 e. The molecular weight excluding hydrogens is 955 g/mol. The lowest BCUT2D eigenvalue weighted by Crippen LogP contribution is -2.59. The topological polar surface area (TPSA) is 412 Å². The summed E-state index contributed by atoms with van der Waals surface area (Å²) in [6.45, 7) is 3.13. The monoisotopic (exact) mass is 1020 g/mol. The highest BCUT2D eigenvalue weighted by molar-refractivity contribution is 7.98. The molecule has 2 rings (SSSR count). The summed E-state index contributed by atoms with van der Waals surface area (Å²) in [6.07, 6.45) is 3.96. The molecule has 2 aromatic rings. The Hall–Kier alpha value is -5.93. The van der Waals surface area contributed by atoms with Crippen molar-refractivity contribution in [3.05, 3.63) is 36.0 Å². The molecule has 0 saturated heterocycles. The van der Waals surface area contributed by atoms with Gasteiger partial charge in [0.1, 0.15) is 36.3 Å². The summed E-state index contributed by atoms with van der Waals surface area (Å²) < 4.78 is 0. The number of carbonyl (C=O) groups excluding carboxylic acids is 7. The largest absolute Gasteiger partial charge is 0.480 e. The lowest BCUT2D eigenvalue weighted by Gasteiger charge is -2.27. The number of fused-ring (bicyclic) bond motifs is 1. The van der Waals surface area contributed by atoms with Crippen LogP contribution < -0.4 is 65.9 Å². The number of aromatic nitrogens is 1. The number of hydrogen-bond donors (Lipinski definition) is 16. The van der Waals surface area contributed by atoms with Gasteiger partial charge in [-0.3, -0.25) is 43.5 Å². The zero-order chi connectivity index (χ0) is 51.6. The lowest BCUT2D eigenvalue weighted by atomic mass is 10.0. The summed E-state index contributed by atoms with van der Waals surface area (Å²) in [5.74, 6) is -6.84. The van der Waals surface area contributed by atoms with Gasteiger partial charge in [-0.2, -0.15) is 37.0 Å². The Balaban J connectivity index is 2.51. The summed E-state index contributed by atoms with van der Waals surface area (Å²) in [4.78, 5) is 118. The van der Waals surface area contributed by atoms with Crippen LogP contribution >= 0.6 is 37.0 Å². The fraction of sp³-hybridized carbons (Fsp3) is 0.571. The molecule has 384 valence electrons. The number of benzene rings is 1. The first-order chi connectivity index (χ1) is 32.7. The normalized spacial score (nSPS) is 14.1. The van der Waals surface area contributed by atoms with Crippen molar-refractivity contribution in [2.24, 2.45) is 44.6 Å². The molecule has 0 aliphatic heterocycles. The highest BCUT2D eigenvalue weighted by Crippen LogP contribution is 2.20. The van der Waals surface area contributed by atoms with Gasteiger partial charge in [0.05, 0.1) is 12.6 Å². The second-order valence-electron chi connectivity index (χ2n) is 16.3. The molecule has 0 saturated carbocycles. The predicted molar refractivity (Wildman–Crippen MR) is 272 cm³/mol. The van der Waals surface area contributed by atoms with Crippen LogP contribution in [0.25, 0.3) is 10.9 Å². The first-order valence-electron chi connectivity index (χ1n) is 22.1. The van der Waals surface area contributed by atoms with Crippen LogP contribution in [0.15, 0.2) is 40.4 Å². The standard InChI is InChI=1S/C42H69N15O9S3/c1-22(2)16-30(38(63)57-32(21-68)40(65)66)55-37(62)28(11-7-14-49-42(46)47)54-39(64)31(17-23-18-50-26-9-5-4-8-24(23)26)56-36(61)27(10-6-13-48-41(44)45)52-33(58)19-51-35(60)29(12-15-69-3)53-34(59)25(43)20-67/h4-5,8-9,18,22,25,27-32,50,67-68H,6-7,10-17,19-21,43H2,1-3H3,(H,51,60)(H,52,58)(H,53,59)(H,54,64)(H,55,62)(H,56,61)(H,57,63)(H,65,66)(H4,44,45,48)(H4,46,47,49)/t25-,27-,28-,29-,30-,31-,32-/m0/s1. The predicted octanol–water partition coefficient (Wildman–Crippen LogP) is -3.09. The van der Waals surface area contributed by atoms with Crippen molar-refractivity contribution in [3.8, 4) is 0 Å². The van der Waals surface area contributed by atoms with Gasteiger partial charge in [0.15, 0.2) is 11.9 Å². The fourth-order valence-electron chi connectivity index (χ4n) is 6.65. The minimum absolute atomic E-state index is 0.0344. The molecule has 0 aliphatic rings. The van der Waals surface area contributed by atoms with E-state index in [2.05, 4.69) is 77.4 Å². The summed E-state index contributed by atoms with van der Waals surface area (Å²) in [7, 11) is 0. The smallest absolute Gasteiger partial charge is 0.327 e. The van der Waals surface area contributed by atoms with Crippen LogP contribution in [0.5, 0.6) is 0 Å². The van der Waals surface area contributed by atoms with E-state index < -0.39 is 96.2 Å². The number of thiol groups is 2. The van der Waals surface area contributed by atoms with E-state index in [1.54, 1.807) is 26.1 Å². The first-order valence-corrected chi connectivity index (χ1v) is 24.8. The summed E-state index contributed by atoms with van der Waals surface area (Å²) in [5.41, 5.74) is 29.2. The van der Waals surface area contributed by atoms with Gasteiger partial charge in [-0.05, 0) is 68.1 Å². The Morgan fingerprint density at radius 1 is 0.681 bits per heavy atom. The van der Waals surface area contributed by atoms with Crippen LogP contribution in [0.2, 0.25) is 0 Å². The number of thioether (sulfide) groups is 1. The number of nitrogens with two attached hydrogens (primary N) is 5. The van der Waals surface area contributed by atoms with E-state index in [1.807, 2.05) is 24.5 Å². The van der Waals surface area contributed by atoms with E-state index in [1.165, 1.54) is 11.8 Å². The maximum Gasteiger partial charge on any atom is 0.327 e. The van der Waals surface area contributed by atoms with Crippen molar-refractivity contribution < 1.29 is 43.5 Å². The van der Waals surface area contributed by atoms with Crippen LogP contribution in [0, 0.1) is 5.92 Å². The molecule has 0 bridgehead atoms. The molecule has 1 aromatic heterocycles. The Kier molecular flexibility index (Phi) is 26.8. The van der Waals surface area contributed by atoms with Crippen LogP contribution in [-0.2, 0) is 44.8 Å². The average Bonchev–Trinajstić information content (AvgIpc) is 3.71. The number of guanidine groups is 2. The zero-order valence-electron chi connectivity index (χ0n) is 39.0. The second-order valence-corrected chi connectivity index (χ2v) is 18.0. The number of carboxylic acids is 1. The summed E-state index contributed by atoms with van der Waals surface area (Å²) in [5, 5.41) is 28.4. The van der Waals surface area contributed by atoms with Crippen molar-refractivity contribution >= 4 is 107 Å². The van der Waals surface area contributed by atoms with Gasteiger partial charge in [0.25, 0.3) is 0 Å². The number of carbonyl (C=O) groups is 8. The van der Waals surface area contributed by atoms with Crippen LogP contribution in [-0.4, -0.2) is 155 Å². The van der Waals surface area contributed by atoms with Gasteiger partial charge < -0.3 is 76.0 Å². The zero-order valence-corrected chi connectivity index (χ0v) is 41.6. The molecule has 0 fully saturated rings. The molecule has 0 unspecified atom stereocenters. The van der Waals surface area contributed by atoms with Crippen LogP contribution in [0.4, 0.5) is 0 Å². The number of aromatic amines is 1. The van der Waals surface area contributed by atoms with Crippen molar-refractivity contribution in [1.29, 1.82) is 0 Å².